The van der Waals surface area contributed by atoms with Gasteiger partial charge in [-0.15, -0.1) is 0 Å². The molecule has 0 aliphatic heterocycles. The summed E-state index contributed by atoms with van der Waals surface area (Å²) in [4.78, 5) is 32.1. The molecule has 12 nitrogen and oxygen atoms in total. The molecule has 0 aromatic carbocycles. The second-order valence-corrected chi connectivity index (χ2v) is 4.94. The Morgan fingerprint density at radius 3 is 2.33 bits per heavy atom. The summed E-state index contributed by atoms with van der Waals surface area (Å²) in [5.74, 6) is -1.41. The van der Waals surface area contributed by atoms with Gasteiger partial charge in [-0.3, -0.25) is 19.6 Å². The summed E-state index contributed by atoms with van der Waals surface area (Å²) in [5.41, 5.74) is 0.460. The Morgan fingerprint density at radius 2 is 1.88 bits per heavy atom. The van der Waals surface area contributed by atoms with E-state index in [0.717, 1.165) is 10.4 Å². The van der Waals surface area contributed by atoms with E-state index in [1.165, 1.54) is 13.1 Å². The van der Waals surface area contributed by atoms with E-state index in [1.54, 1.807) is 11.6 Å². The fraction of sp³-hybridized carbons (Fsp3) is 0.417. The highest BCUT2D eigenvalue weighted by molar-refractivity contribution is 5.91. The van der Waals surface area contributed by atoms with Crippen molar-refractivity contribution in [2.24, 2.45) is 0 Å². The van der Waals surface area contributed by atoms with Crippen molar-refractivity contribution in [1.29, 1.82) is 0 Å². The van der Waals surface area contributed by atoms with Crippen LogP contribution in [0.1, 0.15) is 18.3 Å². The standard InChI is InChI=1S/C12H15N7O5/c1-4-16-7(2)9(5-13-16)14-10(20)6-17-8(3)11(18(21)22)12(15-17)19(23)24/h5H,4,6H2,1-3H3,(H,14,20). The van der Waals surface area contributed by atoms with Gasteiger partial charge in [0.15, 0.2) is 0 Å². The number of rotatable bonds is 6. The van der Waals surface area contributed by atoms with Gasteiger partial charge in [0.1, 0.15) is 12.2 Å². The minimum atomic E-state index is -0.949. The summed E-state index contributed by atoms with van der Waals surface area (Å²) >= 11 is 0. The Labute approximate surface area is 135 Å². The molecule has 0 atom stereocenters. The largest absolute Gasteiger partial charge is 0.468 e. The van der Waals surface area contributed by atoms with Crippen LogP contribution >= 0.6 is 0 Å². The summed E-state index contributed by atoms with van der Waals surface area (Å²) in [6, 6.07) is 0. The van der Waals surface area contributed by atoms with Crippen molar-refractivity contribution < 1.29 is 14.6 Å². The number of carbonyl (C=O) groups excluding carboxylic acids is 1. The number of carbonyl (C=O) groups is 1. The molecule has 0 spiro atoms. The molecule has 12 heteroatoms. The molecule has 0 aliphatic rings. The fourth-order valence-corrected chi connectivity index (χ4v) is 2.23. The zero-order valence-corrected chi connectivity index (χ0v) is 13.2. The fourth-order valence-electron chi connectivity index (χ4n) is 2.23. The molecule has 0 unspecified atom stereocenters. The zero-order valence-electron chi connectivity index (χ0n) is 13.2. The summed E-state index contributed by atoms with van der Waals surface area (Å²) in [7, 11) is 0. The summed E-state index contributed by atoms with van der Waals surface area (Å²) in [5, 5.41) is 32.0. The zero-order chi connectivity index (χ0) is 18.0. The maximum absolute atomic E-state index is 12.1. The molecular formula is C12H15N7O5. The van der Waals surface area contributed by atoms with Crippen LogP contribution < -0.4 is 5.32 Å². The van der Waals surface area contributed by atoms with Gasteiger partial charge in [-0.25, -0.2) is 0 Å². The topological polar surface area (TPSA) is 151 Å². The van der Waals surface area contributed by atoms with E-state index in [4.69, 9.17) is 0 Å². The number of nitrogens with one attached hydrogen (secondary N) is 1. The number of aromatic nitrogens is 4. The van der Waals surface area contributed by atoms with Crippen LogP contribution in [0, 0.1) is 34.1 Å². The van der Waals surface area contributed by atoms with E-state index in [1.807, 2.05) is 6.92 Å². The molecule has 0 saturated heterocycles. The quantitative estimate of drug-likeness (QED) is 0.613. The third-order valence-corrected chi connectivity index (χ3v) is 3.48. The first kappa shape index (κ1) is 17.1. The van der Waals surface area contributed by atoms with Gasteiger partial charge < -0.3 is 15.4 Å². The highest BCUT2D eigenvalue weighted by Gasteiger charge is 2.35. The Bertz CT molecular complexity index is 822. The Balaban J connectivity index is 2.23. The average Bonchev–Trinajstić information content (AvgIpc) is 3.01. The van der Waals surface area contributed by atoms with Crippen LogP contribution in [0.15, 0.2) is 6.20 Å². The highest BCUT2D eigenvalue weighted by Crippen LogP contribution is 2.29. The number of amides is 1. The van der Waals surface area contributed by atoms with Crippen LogP contribution in [-0.2, 0) is 17.9 Å². The van der Waals surface area contributed by atoms with Crippen molar-refractivity contribution in [3.05, 3.63) is 37.8 Å². The maximum atomic E-state index is 12.1. The van der Waals surface area contributed by atoms with Crippen LogP contribution in [0.5, 0.6) is 0 Å². The van der Waals surface area contributed by atoms with E-state index in [9.17, 15) is 25.0 Å². The van der Waals surface area contributed by atoms with Crippen molar-refractivity contribution in [1.82, 2.24) is 19.6 Å². The van der Waals surface area contributed by atoms with Crippen molar-refractivity contribution in [2.75, 3.05) is 5.32 Å². The first-order valence-corrected chi connectivity index (χ1v) is 6.94. The van der Waals surface area contributed by atoms with Crippen LogP contribution in [-0.4, -0.2) is 35.3 Å². The van der Waals surface area contributed by atoms with Gasteiger partial charge in [-0.2, -0.15) is 9.78 Å². The third kappa shape index (κ3) is 3.06. The minimum absolute atomic E-state index is 0.0668. The molecule has 2 rings (SSSR count). The van der Waals surface area contributed by atoms with Crippen molar-refractivity contribution in [3.63, 3.8) is 0 Å². The second-order valence-electron chi connectivity index (χ2n) is 4.94. The maximum Gasteiger partial charge on any atom is 0.468 e. The normalized spacial score (nSPS) is 10.6. The van der Waals surface area contributed by atoms with Crippen molar-refractivity contribution in [3.8, 4) is 0 Å². The van der Waals surface area contributed by atoms with Gasteiger partial charge in [-0.05, 0) is 25.7 Å². The van der Waals surface area contributed by atoms with Crippen LogP contribution in [0.3, 0.4) is 0 Å². The van der Waals surface area contributed by atoms with Crippen LogP contribution in [0.2, 0.25) is 0 Å². The summed E-state index contributed by atoms with van der Waals surface area (Å²) < 4.78 is 2.62. The van der Waals surface area contributed by atoms with Crippen molar-refractivity contribution >= 4 is 23.1 Å². The lowest BCUT2D eigenvalue weighted by Crippen LogP contribution is -2.20. The van der Waals surface area contributed by atoms with Gasteiger partial charge in [0.2, 0.25) is 5.91 Å². The molecule has 0 aliphatic carbocycles. The molecule has 2 aromatic rings. The van der Waals surface area contributed by atoms with Gasteiger partial charge in [-0.1, -0.05) is 0 Å². The SMILES string of the molecule is CCn1ncc(NC(=O)Cn2nc([N+](=O)[O-])c([N+](=O)[O-])c2C)c1C. The molecule has 0 saturated carbocycles. The number of aryl methyl sites for hydroxylation is 1. The predicted octanol–water partition coefficient (Wildman–Crippen LogP) is 1.17. The highest BCUT2D eigenvalue weighted by atomic mass is 16.6. The number of hydrogen-bond acceptors (Lipinski definition) is 7. The van der Waals surface area contributed by atoms with Gasteiger partial charge in [0.25, 0.3) is 0 Å². The minimum Gasteiger partial charge on any atom is -0.358 e. The molecule has 1 amide bonds. The van der Waals surface area contributed by atoms with Gasteiger partial charge >= 0.3 is 11.5 Å². The molecular weight excluding hydrogens is 322 g/mol. The second kappa shape index (κ2) is 6.44. The number of anilines is 1. The molecule has 2 aromatic heterocycles. The number of nitrogens with zero attached hydrogens (tertiary/aromatic N) is 6. The third-order valence-electron chi connectivity index (χ3n) is 3.48. The van der Waals surface area contributed by atoms with E-state index >= 15 is 0 Å². The van der Waals surface area contributed by atoms with E-state index < -0.39 is 33.8 Å². The predicted molar refractivity (Wildman–Crippen MR) is 81.5 cm³/mol. The average molecular weight is 337 g/mol. The lowest BCUT2D eigenvalue weighted by atomic mass is 10.3. The van der Waals surface area contributed by atoms with Gasteiger partial charge in [0, 0.05) is 6.54 Å². The smallest absolute Gasteiger partial charge is 0.358 e. The van der Waals surface area contributed by atoms with E-state index in [-0.39, 0.29) is 5.69 Å². The van der Waals surface area contributed by atoms with Crippen molar-refractivity contribution in [2.45, 2.75) is 33.9 Å². The monoisotopic (exact) mass is 337 g/mol. The molecule has 1 N–H and O–H groups in total. The summed E-state index contributed by atoms with van der Waals surface area (Å²) in [6.07, 6.45) is 1.48. The lowest BCUT2D eigenvalue weighted by Gasteiger charge is -2.04. The van der Waals surface area contributed by atoms with Crippen LogP contribution in [0.4, 0.5) is 17.2 Å². The molecule has 128 valence electrons. The number of nitro groups is 2. The first-order chi connectivity index (χ1) is 11.3. The molecule has 0 bridgehead atoms. The molecule has 0 fully saturated rings. The van der Waals surface area contributed by atoms with Gasteiger partial charge in [0.05, 0.1) is 27.6 Å². The Hall–Kier alpha value is -3.31. The first-order valence-electron chi connectivity index (χ1n) is 6.94. The molecule has 2 heterocycles. The molecule has 24 heavy (non-hydrogen) atoms. The Kier molecular flexibility index (Phi) is 4.57. The van der Waals surface area contributed by atoms with Crippen LogP contribution in [0.25, 0.3) is 0 Å². The Morgan fingerprint density at radius 1 is 1.21 bits per heavy atom. The number of hydrogen-bond donors (Lipinski definition) is 1. The molecule has 0 radical (unpaired) electrons. The summed E-state index contributed by atoms with van der Waals surface area (Å²) in [6.45, 7) is 5.22. The van der Waals surface area contributed by atoms with E-state index in [0.29, 0.717) is 12.2 Å². The van der Waals surface area contributed by atoms with E-state index in [2.05, 4.69) is 15.5 Å². The lowest BCUT2D eigenvalue weighted by molar-refractivity contribution is -0.424.